The van der Waals surface area contributed by atoms with Gasteiger partial charge in [0, 0.05) is 38.6 Å². The summed E-state index contributed by atoms with van der Waals surface area (Å²) in [6.07, 6.45) is 2.34. The van der Waals surface area contributed by atoms with Gasteiger partial charge in [-0.15, -0.1) is 0 Å². The molecule has 0 radical (unpaired) electrons. The van der Waals surface area contributed by atoms with E-state index in [4.69, 9.17) is 9.26 Å². The number of anilines is 1. The molecule has 2 aromatic rings. The monoisotopic (exact) mass is 360 g/mol. The average Bonchev–Trinajstić information content (AvgIpc) is 3.08. The fraction of sp³-hybridized carbons (Fsp3) is 0.444. The van der Waals surface area contributed by atoms with Crippen molar-refractivity contribution in [3.05, 3.63) is 41.5 Å². The minimum atomic E-state index is -0.221. The summed E-state index contributed by atoms with van der Waals surface area (Å²) >= 11 is 0. The molecule has 0 atom stereocenters. The predicted octanol–water partition coefficient (Wildman–Crippen LogP) is 1.86. The van der Waals surface area contributed by atoms with Crippen LogP contribution in [0, 0.1) is 0 Å². The molecule has 0 bridgehead atoms. The van der Waals surface area contributed by atoms with Gasteiger partial charge in [0.2, 0.25) is 17.7 Å². The van der Waals surface area contributed by atoms with Crippen molar-refractivity contribution in [3.63, 3.8) is 0 Å². The molecule has 140 valence electrons. The van der Waals surface area contributed by atoms with E-state index >= 15 is 0 Å². The number of aryl methyl sites for hydroxylation is 2. The zero-order valence-electron chi connectivity index (χ0n) is 15.1. The maximum atomic E-state index is 12.0. The molecule has 8 nitrogen and oxygen atoms in total. The fourth-order valence-electron chi connectivity index (χ4n) is 2.31. The number of hydrogen-bond donors (Lipinski definition) is 2. The molecule has 1 heterocycles. The molecular formula is C18H24N4O4. The number of rotatable bonds is 10. The fourth-order valence-corrected chi connectivity index (χ4v) is 2.31. The maximum absolute atomic E-state index is 12.0. The van der Waals surface area contributed by atoms with Crippen molar-refractivity contribution >= 4 is 17.5 Å². The van der Waals surface area contributed by atoms with Crippen LogP contribution in [0.15, 0.2) is 28.8 Å². The molecule has 0 saturated carbocycles. The summed E-state index contributed by atoms with van der Waals surface area (Å²) in [6, 6.07) is 7.31. The van der Waals surface area contributed by atoms with Gasteiger partial charge in [0.25, 0.3) is 0 Å². The number of benzene rings is 1. The highest BCUT2D eigenvalue weighted by Gasteiger charge is 2.07. The van der Waals surface area contributed by atoms with E-state index in [0.29, 0.717) is 43.2 Å². The van der Waals surface area contributed by atoms with E-state index in [-0.39, 0.29) is 18.4 Å². The van der Waals surface area contributed by atoms with E-state index < -0.39 is 0 Å². The van der Waals surface area contributed by atoms with E-state index in [2.05, 4.69) is 20.8 Å². The van der Waals surface area contributed by atoms with Crippen molar-refractivity contribution in [2.45, 2.75) is 39.2 Å². The van der Waals surface area contributed by atoms with Crippen molar-refractivity contribution in [1.29, 1.82) is 0 Å². The van der Waals surface area contributed by atoms with Crippen LogP contribution in [0.1, 0.15) is 37.0 Å². The Hall–Kier alpha value is -2.74. The summed E-state index contributed by atoms with van der Waals surface area (Å²) in [4.78, 5) is 27.7. The first kappa shape index (κ1) is 19.6. The Labute approximate surface area is 152 Å². The number of aromatic nitrogens is 2. The van der Waals surface area contributed by atoms with Crippen molar-refractivity contribution in [2.75, 3.05) is 19.0 Å². The summed E-state index contributed by atoms with van der Waals surface area (Å²) in [5, 5.41) is 9.42. The van der Waals surface area contributed by atoms with Gasteiger partial charge in [-0.25, -0.2) is 0 Å². The van der Waals surface area contributed by atoms with Crippen LogP contribution < -0.4 is 10.6 Å². The number of hydrogen-bond acceptors (Lipinski definition) is 6. The molecule has 0 aliphatic carbocycles. The first-order chi connectivity index (χ1) is 12.6. The quantitative estimate of drug-likeness (QED) is 0.670. The van der Waals surface area contributed by atoms with E-state index in [1.54, 1.807) is 6.07 Å². The zero-order chi connectivity index (χ0) is 18.8. The lowest BCUT2D eigenvalue weighted by molar-refractivity contribution is -0.121. The highest BCUT2D eigenvalue weighted by Crippen LogP contribution is 2.11. The van der Waals surface area contributed by atoms with Gasteiger partial charge in [-0.2, -0.15) is 4.98 Å². The first-order valence-electron chi connectivity index (χ1n) is 8.56. The van der Waals surface area contributed by atoms with Gasteiger partial charge >= 0.3 is 0 Å². The minimum Gasteiger partial charge on any atom is -0.375 e. The Morgan fingerprint density at radius 3 is 2.85 bits per heavy atom. The van der Waals surface area contributed by atoms with Crippen LogP contribution in [0.2, 0.25) is 0 Å². The summed E-state index contributed by atoms with van der Waals surface area (Å²) in [7, 11) is 1.46. The Kier molecular flexibility index (Phi) is 7.75. The van der Waals surface area contributed by atoms with Crippen molar-refractivity contribution in [1.82, 2.24) is 15.5 Å². The van der Waals surface area contributed by atoms with Gasteiger partial charge in [0.1, 0.15) is 6.61 Å². The number of nitrogens with zero attached hydrogens (tertiary/aromatic N) is 2. The number of carbonyl (C=O) groups excluding carboxylic acids is 2. The topological polar surface area (TPSA) is 106 Å². The van der Waals surface area contributed by atoms with E-state index in [1.807, 2.05) is 25.1 Å². The summed E-state index contributed by atoms with van der Waals surface area (Å²) in [5.74, 6) is 0.978. The number of carbonyl (C=O) groups is 2. The van der Waals surface area contributed by atoms with Crippen LogP contribution in [0.25, 0.3) is 0 Å². The largest absolute Gasteiger partial charge is 0.375 e. The number of nitrogens with one attached hydrogen (secondary N) is 2. The molecule has 2 N–H and O–H groups in total. The second-order valence-corrected chi connectivity index (χ2v) is 5.77. The van der Waals surface area contributed by atoms with Gasteiger partial charge in [0.15, 0.2) is 5.82 Å². The van der Waals surface area contributed by atoms with Crippen molar-refractivity contribution in [3.8, 4) is 0 Å². The number of ether oxygens (including phenoxy) is 1. The molecule has 0 saturated heterocycles. The SMILES string of the molecule is CCc1noc(CCCC(=O)NCc2cccc(NC(=O)COC)c2)n1. The van der Waals surface area contributed by atoms with E-state index in [9.17, 15) is 9.59 Å². The molecule has 2 amide bonds. The van der Waals surface area contributed by atoms with Gasteiger partial charge in [-0.1, -0.05) is 24.2 Å². The summed E-state index contributed by atoms with van der Waals surface area (Å²) < 4.78 is 9.87. The molecule has 0 aliphatic rings. The third kappa shape index (κ3) is 6.64. The summed E-state index contributed by atoms with van der Waals surface area (Å²) in [5.41, 5.74) is 1.57. The number of amides is 2. The van der Waals surface area contributed by atoms with E-state index in [1.165, 1.54) is 7.11 Å². The predicted molar refractivity (Wildman–Crippen MR) is 95.4 cm³/mol. The molecule has 8 heteroatoms. The lowest BCUT2D eigenvalue weighted by atomic mass is 10.2. The Morgan fingerprint density at radius 1 is 1.27 bits per heavy atom. The van der Waals surface area contributed by atoms with Crippen molar-refractivity contribution in [2.24, 2.45) is 0 Å². The zero-order valence-corrected chi connectivity index (χ0v) is 15.1. The Bertz CT molecular complexity index is 729. The van der Waals surface area contributed by atoms with Crippen LogP contribution in [-0.4, -0.2) is 35.7 Å². The van der Waals surface area contributed by atoms with Gasteiger partial charge in [0.05, 0.1) is 0 Å². The lowest BCUT2D eigenvalue weighted by Crippen LogP contribution is -2.22. The molecule has 1 aromatic heterocycles. The van der Waals surface area contributed by atoms with E-state index in [0.717, 1.165) is 12.0 Å². The Balaban J connectivity index is 1.72. The van der Waals surface area contributed by atoms with Gasteiger partial charge < -0.3 is 19.9 Å². The van der Waals surface area contributed by atoms with Crippen LogP contribution in [0.4, 0.5) is 5.69 Å². The third-order valence-corrected chi connectivity index (χ3v) is 3.60. The van der Waals surface area contributed by atoms with Gasteiger partial charge in [-0.3, -0.25) is 9.59 Å². The number of methoxy groups -OCH3 is 1. The highest BCUT2D eigenvalue weighted by molar-refractivity contribution is 5.91. The molecule has 2 rings (SSSR count). The molecule has 1 aromatic carbocycles. The highest BCUT2D eigenvalue weighted by atomic mass is 16.5. The minimum absolute atomic E-state index is 0.000753. The molecule has 0 aliphatic heterocycles. The van der Waals surface area contributed by atoms with Crippen LogP contribution in [0.5, 0.6) is 0 Å². The average molecular weight is 360 g/mol. The van der Waals surface area contributed by atoms with Crippen LogP contribution in [0.3, 0.4) is 0 Å². The van der Waals surface area contributed by atoms with Gasteiger partial charge in [-0.05, 0) is 24.1 Å². The Morgan fingerprint density at radius 2 is 2.12 bits per heavy atom. The standard InChI is InChI=1S/C18H24N4O4/c1-3-15-21-18(26-22-15)9-5-8-16(23)19-11-13-6-4-7-14(10-13)20-17(24)12-25-2/h4,6-7,10H,3,5,8-9,11-12H2,1-2H3,(H,19,23)(H,20,24). The molecule has 0 fully saturated rings. The summed E-state index contributed by atoms with van der Waals surface area (Å²) in [6.45, 7) is 2.36. The molecule has 0 unspecified atom stereocenters. The van der Waals surface area contributed by atoms with Crippen molar-refractivity contribution < 1.29 is 18.8 Å². The second kappa shape index (κ2) is 10.3. The third-order valence-electron chi connectivity index (χ3n) is 3.60. The van der Waals surface area contributed by atoms with Crippen LogP contribution in [-0.2, 0) is 33.7 Å². The molecular weight excluding hydrogens is 336 g/mol. The smallest absolute Gasteiger partial charge is 0.250 e. The molecule has 0 spiro atoms. The normalized spacial score (nSPS) is 10.5. The molecule has 26 heavy (non-hydrogen) atoms. The first-order valence-corrected chi connectivity index (χ1v) is 8.56. The lowest BCUT2D eigenvalue weighted by Gasteiger charge is -2.08. The second-order valence-electron chi connectivity index (χ2n) is 5.77. The van der Waals surface area contributed by atoms with Crippen LogP contribution >= 0.6 is 0 Å². The maximum Gasteiger partial charge on any atom is 0.250 e.